The second-order valence-electron chi connectivity index (χ2n) is 9.34. The molecule has 7 nitrogen and oxygen atoms in total. The number of rotatable bonds is 4. The van der Waals surface area contributed by atoms with Crippen molar-refractivity contribution in [2.45, 2.75) is 46.3 Å². The summed E-state index contributed by atoms with van der Waals surface area (Å²) in [5, 5.41) is 3.91. The van der Waals surface area contributed by atoms with Gasteiger partial charge in [-0.05, 0) is 63.1 Å². The molecule has 172 valence electrons. The van der Waals surface area contributed by atoms with E-state index in [-0.39, 0.29) is 17.4 Å². The number of hydrogen-bond donors (Lipinski definition) is 2. The molecule has 2 aromatic carbocycles. The van der Waals surface area contributed by atoms with Gasteiger partial charge in [-0.15, -0.1) is 0 Å². The molecule has 0 bridgehead atoms. The maximum atomic E-state index is 13.1. The molecule has 0 unspecified atom stereocenters. The van der Waals surface area contributed by atoms with Crippen molar-refractivity contribution in [3.8, 4) is 11.4 Å². The Bertz CT molecular complexity index is 1400. The Morgan fingerprint density at radius 3 is 2.58 bits per heavy atom. The minimum absolute atomic E-state index is 0.0974. The third kappa shape index (κ3) is 4.95. The fourth-order valence-electron chi connectivity index (χ4n) is 3.65. The van der Waals surface area contributed by atoms with Crippen molar-refractivity contribution in [1.82, 2.24) is 15.3 Å². The van der Waals surface area contributed by atoms with Gasteiger partial charge in [0.2, 0.25) is 5.43 Å². The van der Waals surface area contributed by atoms with Crippen LogP contribution in [0.25, 0.3) is 33.3 Å². The van der Waals surface area contributed by atoms with Crippen LogP contribution in [0.1, 0.15) is 46.4 Å². The van der Waals surface area contributed by atoms with Gasteiger partial charge in [0, 0.05) is 10.0 Å². The number of imidazole rings is 1. The number of nitrogens with one attached hydrogen (secondary N) is 2. The van der Waals surface area contributed by atoms with Crippen LogP contribution in [0.15, 0.2) is 56.3 Å². The first-order valence-electron chi connectivity index (χ1n) is 10.7. The molecule has 2 N–H and O–H groups in total. The number of benzene rings is 2. The number of fused-ring (bicyclic) bond motifs is 2. The van der Waals surface area contributed by atoms with Crippen molar-refractivity contribution >= 4 is 44.0 Å². The van der Waals surface area contributed by atoms with Gasteiger partial charge in [0.1, 0.15) is 22.6 Å². The second kappa shape index (κ2) is 8.67. The fraction of sp³-hybridized carbons (Fsp3) is 0.320. The number of ether oxygens (including phenoxy) is 1. The predicted molar refractivity (Wildman–Crippen MR) is 132 cm³/mol. The van der Waals surface area contributed by atoms with Crippen molar-refractivity contribution in [2.75, 3.05) is 0 Å². The number of carbonyl (C=O) groups is 1. The molecule has 4 rings (SSSR count). The van der Waals surface area contributed by atoms with Crippen LogP contribution in [0.3, 0.4) is 0 Å². The number of hydrogen-bond acceptors (Lipinski definition) is 5. The van der Waals surface area contributed by atoms with E-state index in [4.69, 9.17) is 9.15 Å². The van der Waals surface area contributed by atoms with Crippen LogP contribution in [0.2, 0.25) is 0 Å². The molecule has 4 aromatic rings. The first-order chi connectivity index (χ1) is 15.5. The van der Waals surface area contributed by atoms with E-state index >= 15 is 0 Å². The van der Waals surface area contributed by atoms with E-state index < -0.39 is 11.7 Å². The summed E-state index contributed by atoms with van der Waals surface area (Å²) in [7, 11) is 0. The van der Waals surface area contributed by atoms with Crippen molar-refractivity contribution in [3.63, 3.8) is 0 Å². The highest BCUT2D eigenvalue weighted by Crippen LogP contribution is 2.27. The first kappa shape index (κ1) is 23.0. The summed E-state index contributed by atoms with van der Waals surface area (Å²) >= 11 is 3.41. The van der Waals surface area contributed by atoms with Crippen molar-refractivity contribution in [1.29, 1.82) is 0 Å². The number of amides is 1. The second-order valence-corrected chi connectivity index (χ2v) is 10.3. The number of aromatic amines is 1. The predicted octanol–water partition coefficient (Wildman–Crippen LogP) is 6.32. The van der Waals surface area contributed by atoms with Crippen molar-refractivity contribution in [2.24, 2.45) is 5.92 Å². The monoisotopic (exact) mass is 511 g/mol. The van der Waals surface area contributed by atoms with Gasteiger partial charge >= 0.3 is 6.09 Å². The van der Waals surface area contributed by atoms with E-state index in [1.54, 1.807) is 30.5 Å². The molecular weight excluding hydrogens is 486 g/mol. The lowest BCUT2D eigenvalue weighted by molar-refractivity contribution is 0.0488. The molecule has 0 saturated carbocycles. The minimum atomic E-state index is -0.586. The van der Waals surface area contributed by atoms with Crippen molar-refractivity contribution in [3.05, 3.63) is 63.0 Å². The summed E-state index contributed by atoms with van der Waals surface area (Å²) < 4.78 is 12.2. The number of halogens is 1. The molecule has 0 fully saturated rings. The van der Waals surface area contributed by atoms with Crippen LogP contribution in [0, 0.1) is 5.92 Å². The Balaban J connectivity index is 1.68. The van der Waals surface area contributed by atoms with Crippen molar-refractivity contribution < 1.29 is 13.9 Å². The van der Waals surface area contributed by atoms with E-state index in [1.807, 2.05) is 46.8 Å². The highest BCUT2D eigenvalue weighted by Gasteiger charge is 2.24. The summed E-state index contributed by atoms with van der Waals surface area (Å²) in [5.74, 6) is 0.694. The lowest BCUT2D eigenvalue weighted by Crippen LogP contribution is -2.37. The zero-order chi connectivity index (χ0) is 23.9. The first-order valence-corrected chi connectivity index (χ1v) is 11.5. The molecule has 0 aliphatic heterocycles. The summed E-state index contributed by atoms with van der Waals surface area (Å²) in [5.41, 5.74) is 1.85. The normalized spacial score (nSPS) is 12.9. The Morgan fingerprint density at radius 2 is 1.88 bits per heavy atom. The number of carbonyl (C=O) groups excluding carboxylic acids is 1. The van der Waals surface area contributed by atoms with Gasteiger partial charge in [-0.3, -0.25) is 4.79 Å². The number of alkyl carbamates (subject to hydrolysis) is 1. The van der Waals surface area contributed by atoms with Gasteiger partial charge in [-0.1, -0.05) is 29.8 Å². The molecule has 0 radical (unpaired) electrons. The topological polar surface area (TPSA) is 97.2 Å². The Labute approximate surface area is 199 Å². The molecule has 33 heavy (non-hydrogen) atoms. The molecule has 2 aromatic heterocycles. The van der Waals surface area contributed by atoms with Crippen LogP contribution < -0.4 is 10.7 Å². The van der Waals surface area contributed by atoms with E-state index in [2.05, 4.69) is 31.2 Å². The minimum Gasteiger partial charge on any atom is -0.456 e. The zero-order valence-electron chi connectivity index (χ0n) is 19.2. The molecule has 1 amide bonds. The van der Waals surface area contributed by atoms with Gasteiger partial charge in [-0.2, -0.15) is 0 Å². The molecular formula is C25H26BrN3O4. The van der Waals surface area contributed by atoms with Gasteiger partial charge in [-0.25, -0.2) is 9.78 Å². The standard InChI is InChI=1S/C25H26BrN3O4/c1-13(2)21(29-24(31)33-25(3,4)5)18-12-27-23(28-18)14-6-9-19-17(10-14)22(30)16-8-7-15(26)11-20(16)32-19/h6-13,21H,1-5H3,(H,27,28)(H,29,31)/t21-/m0/s1. The van der Waals surface area contributed by atoms with E-state index in [9.17, 15) is 9.59 Å². The maximum Gasteiger partial charge on any atom is 0.408 e. The zero-order valence-corrected chi connectivity index (χ0v) is 20.7. The van der Waals surface area contributed by atoms with Crippen LogP contribution in [0.4, 0.5) is 4.79 Å². The summed E-state index contributed by atoms with van der Waals surface area (Å²) in [4.78, 5) is 33.2. The number of nitrogens with zero attached hydrogens (tertiary/aromatic N) is 1. The highest BCUT2D eigenvalue weighted by molar-refractivity contribution is 9.10. The van der Waals surface area contributed by atoms with Gasteiger partial charge in [0.05, 0.1) is 28.7 Å². The molecule has 0 saturated heterocycles. The van der Waals surface area contributed by atoms with E-state index in [0.717, 1.165) is 15.7 Å². The molecule has 0 spiro atoms. The third-order valence-corrected chi connectivity index (χ3v) is 5.67. The van der Waals surface area contributed by atoms with Gasteiger partial charge in [0.25, 0.3) is 0 Å². The summed E-state index contributed by atoms with van der Waals surface area (Å²) in [6.07, 6.45) is 1.21. The molecule has 2 heterocycles. The van der Waals surface area contributed by atoms with Crippen LogP contribution in [0.5, 0.6) is 0 Å². The fourth-order valence-corrected chi connectivity index (χ4v) is 3.99. The van der Waals surface area contributed by atoms with E-state index in [0.29, 0.717) is 27.8 Å². The molecule has 8 heteroatoms. The summed E-state index contributed by atoms with van der Waals surface area (Å²) in [6.45, 7) is 9.48. The number of aromatic nitrogens is 2. The average molecular weight is 512 g/mol. The third-order valence-electron chi connectivity index (χ3n) is 5.18. The lowest BCUT2D eigenvalue weighted by Gasteiger charge is -2.25. The van der Waals surface area contributed by atoms with Crippen LogP contribution in [-0.2, 0) is 4.74 Å². The van der Waals surface area contributed by atoms with Crippen LogP contribution >= 0.6 is 15.9 Å². The van der Waals surface area contributed by atoms with E-state index in [1.165, 1.54) is 0 Å². The smallest absolute Gasteiger partial charge is 0.408 e. The number of H-pyrrole nitrogens is 1. The SMILES string of the molecule is CC(C)[C@H](NC(=O)OC(C)(C)C)c1cnc(-c2ccc3oc4cc(Br)ccc4c(=O)c3c2)[nH]1. The van der Waals surface area contributed by atoms with Crippen LogP contribution in [-0.4, -0.2) is 21.7 Å². The largest absolute Gasteiger partial charge is 0.456 e. The molecule has 1 atom stereocenters. The lowest BCUT2D eigenvalue weighted by atomic mass is 10.0. The molecule has 0 aliphatic rings. The maximum absolute atomic E-state index is 13.1. The Morgan fingerprint density at radius 1 is 1.12 bits per heavy atom. The Kier molecular flexibility index (Phi) is 6.05. The Hall–Kier alpha value is -3.13. The molecule has 0 aliphatic carbocycles. The average Bonchev–Trinajstić information content (AvgIpc) is 3.20. The van der Waals surface area contributed by atoms with Gasteiger partial charge < -0.3 is 19.5 Å². The quantitative estimate of drug-likeness (QED) is 0.312. The highest BCUT2D eigenvalue weighted by atomic mass is 79.9. The van der Waals surface area contributed by atoms with Gasteiger partial charge in [0.15, 0.2) is 0 Å². The summed E-state index contributed by atoms with van der Waals surface area (Å²) in [6, 6.07) is 10.4.